The first kappa shape index (κ1) is 34.0. The Morgan fingerprint density at radius 3 is 2.55 bits per heavy atom. The van der Waals surface area contributed by atoms with E-state index in [1.807, 2.05) is 34.6 Å². The van der Waals surface area contributed by atoms with Crippen LogP contribution < -0.4 is 4.74 Å². The predicted molar refractivity (Wildman–Crippen MR) is 176 cm³/mol. The van der Waals surface area contributed by atoms with E-state index in [1.54, 1.807) is 6.07 Å². The summed E-state index contributed by atoms with van der Waals surface area (Å²) in [5, 5.41) is 0.893. The van der Waals surface area contributed by atoms with Gasteiger partial charge in [-0.2, -0.15) is 0 Å². The molecule has 0 N–H and O–H groups in total. The van der Waals surface area contributed by atoms with Gasteiger partial charge in [0.2, 0.25) is 0 Å². The van der Waals surface area contributed by atoms with Gasteiger partial charge in [0.1, 0.15) is 5.65 Å². The summed E-state index contributed by atoms with van der Waals surface area (Å²) in [4.78, 5) is 18.4. The second kappa shape index (κ2) is 14.4. The average Bonchev–Trinajstić information content (AvgIpc) is 3.30. The Balaban J connectivity index is 1.92. The number of carbonyl (C=O) groups is 1. The number of fused-ring (bicyclic) bond motifs is 2. The molecule has 0 aliphatic carbocycles. The summed E-state index contributed by atoms with van der Waals surface area (Å²) in [7, 11) is 3.43. The fourth-order valence-corrected chi connectivity index (χ4v) is 6.73. The molecule has 0 saturated carbocycles. The first-order chi connectivity index (χ1) is 20.9. The number of unbranched alkanes of at least 4 members (excludes halogenated alkanes) is 3. The number of carbonyl (C=O) groups excluding carboxylic acids is 1. The number of esters is 1. The molecule has 0 spiro atoms. The molecule has 0 bridgehead atoms. The van der Waals surface area contributed by atoms with Gasteiger partial charge in [0.25, 0.3) is 0 Å². The van der Waals surface area contributed by atoms with Crippen LogP contribution in [0.3, 0.4) is 0 Å². The Morgan fingerprint density at radius 2 is 1.89 bits per heavy atom. The molecule has 4 rings (SSSR count). The maximum atomic E-state index is 15.7. The van der Waals surface area contributed by atoms with Crippen LogP contribution in [0.2, 0.25) is 0 Å². The van der Waals surface area contributed by atoms with Crippen molar-refractivity contribution in [3.05, 3.63) is 46.0 Å². The smallest absolute Gasteiger partial charge is 0.339 e. The van der Waals surface area contributed by atoms with Gasteiger partial charge in [0.15, 0.2) is 17.7 Å². The standard InChI is InChI=1S/C37H53FN2O4/c1-10-12-13-14-16-25(11-2)18-19-26-21-29-32(28-22-30(38)33-27(23(28)3)17-15-20-43-33)31(24(4)39-35(29)40(26)8)34(36(41)42-9)44-37(5,6)7/h21-22,25,34H,10-20H2,1-9H3. The second-order valence-electron chi connectivity index (χ2n) is 13.5. The zero-order valence-corrected chi connectivity index (χ0v) is 28.5. The highest BCUT2D eigenvalue weighted by Crippen LogP contribution is 2.45. The number of benzene rings is 1. The summed E-state index contributed by atoms with van der Waals surface area (Å²) in [6.45, 7) is 14.7. The molecule has 0 amide bonds. The Hall–Kier alpha value is -2.93. The monoisotopic (exact) mass is 608 g/mol. The Morgan fingerprint density at radius 1 is 1.14 bits per heavy atom. The number of ether oxygens (including phenoxy) is 3. The van der Waals surface area contributed by atoms with Crippen LogP contribution in [0.5, 0.6) is 5.75 Å². The van der Waals surface area contributed by atoms with Gasteiger partial charge < -0.3 is 18.8 Å². The summed E-state index contributed by atoms with van der Waals surface area (Å²) >= 11 is 0. The molecule has 3 heterocycles. The van der Waals surface area contributed by atoms with E-state index in [0.29, 0.717) is 29.5 Å². The summed E-state index contributed by atoms with van der Waals surface area (Å²) in [6.07, 6.45) is 10.1. The van der Waals surface area contributed by atoms with Gasteiger partial charge >= 0.3 is 5.97 Å². The van der Waals surface area contributed by atoms with E-state index < -0.39 is 17.7 Å². The minimum atomic E-state index is -1.03. The number of hydrogen-bond donors (Lipinski definition) is 0. The van der Waals surface area contributed by atoms with Crippen LogP contribution >= 0.6 is 0 Å². The average molecular weight is 609 g/mol. The van der Waals surface area contributed by atoms with Crippen LogP contribution in [0.1, 0.15) is 120 Å². The van der Waals surface area contributed by atoms with Crippen molar-refractivity contribution in [3.63, 3.8) is 0 Å². The third kappa shape index (κ3) is 7.30. The summed E-state index contributed by atoms with van der Waals surface area (Å²) in [5.74, 6) is 0.130. The molecule has 0 saturated heterocycles. The number of aryl methyl sites for hydroxylation is 3. The predicted octanol–water partition coefficient (Wildman–Crippen LogP) is 9.28. The van der Waals surface area contributed by atoms with E-state index in [2.05, 4.69) is 31.5 Å². The van der Waals surface area contributed by atoms with Gasteiger partial charge in [0, 0.05) is 40.5 Å². The first-order valence-electron chi connectivity index (χ1n) is 16.6. The van der Waals surface area contributed by atoms with E-state index in [9.17, 15) is 4.79 Å². The van der Waals surface area contributed by atoms with Crippen molar-refractivity contribution in [1.82, 2.24) is 9.55 Å². The Bertz CT molecular complexity index is 1470. The van der Waals surface area contributed by atoms with Gasteiger partial charge in [-0.25, -0.2) is 14.2 Å². The van der Waals surface area contributed by atoms with Crippen LogP contribution in [0, 0.1) is 25.6 Å². The zero-order chi connectivity index (χ0) is 32.2. The largest absolute Gasteiger partial charge is 0.490 e. The summed E-state index contributed by atoms with van der Waals surface area (Å²) < 4.78 is 35.4. The minimum absolute atomic E-state index is 0.342. The molecule has 2 atom stereocenters. The normalized spacial score (nSPS) is 14.8. The third-order valence-corrected chi connectivity index (χ3v) is 9.21. The fourth-order valence-electron chi connectivity index (χ4n) is 6.73. The number of aromatic nitrogens is 2. The Labute approximate surface area is 263 Å². The quantitative estimate of drug-likeness (QED) is 0.143. The van der Waals surface area contributed by atoms with Crippen molar-refractivity contribution in [2.24, 2.45) is 13.0 Å². The number of methoxy groups -OCH3 is 1. The molecule has 2 aromatic heterocycles. The first-order valence-corrected chi connectivity index (χ1v) is 16.6. The highest BCUT2D eigenvalue weighted by Gasteiger charge is 2.35. The number of nitrogens with zero attached hydrogens (tertiary/aromatic N) is 2. The second-order valence-corrected chi connectivity index (χ2v) is 13.5. The van der Waals surface area contributed by atoms with E-state index >= 15 is 4.39 Å². The highest BCUT2D eigenvalue weighted by atomic mass is 19.1. The lowest BCUT2D eigenvalue weighted by Gasteiger charge is -2.29. The molecule has 3 aromatic rings. The molecule has 2 unspecified atom stereocenters. The van der Waals surface area contributed by atoms with Crippen LogP contribution in [0.25, 0.3) is 22.2 Å². The lowest BCUT2D eigenvalue weighted by molar-refractivity contribution is -0.164. The molecule has 1 aliphatic heterocycles. The molecule has 0 radical (unpaired) electrons. The van der Waals surface area contributed by atoms with Crippen LogP contribution in [-0.4, -0.2) is 34.8 Å². The molecule has 1 aliphatic rings. The number of rotatable bonds is 13. The highest BCUT2D eigenvalue weighted by molar-refractivity contribution is 5.99. The third-order valence-electron chi connectivity index (χ3n) is 9.21. The van der Waals surface area contributed by atoms with Gasteiger partial charge in [-0.15, -0.1) is 0 Å². The van der Waals surface area contributed by atoms with Crippen molar-refractivity contribution in [2.75, 3.05) is 13.7 Å². The van der Waals surface area contributed by atoms with E-state index in [-0.39, 0.29) is 5.82 Å². The topological polar surface area (TPSA) is 62.6 Å². The molecule has 242 valence electrons. The number of hydrogen-bond acceptors (Lipinski definition) is 5. The summed E-state index contributed by atoms with van der Waals surface area (Å²) in [5.41, 5.74) is 6.01. The molecular weight excluding hydrogens is 555 g/mol. The number of pyridine rings is 1. The molecule has 44 heavy (non-hydrogen) atoms. The maximum absolute atomic E-state index is 15.7. The SMILES string of the molecule is CCCCCCC(CC)CCc1cc2c(-c3cc(F)c4c(c3C)CCCO4)c(C(OC(C)(C)C)C(=O)OC)c(C)nc2n1C. The van der Waals surface area contributed by atoms with Gasteiger partial charge in [-0.1, -0.05) is 52.4 Å². The van der Waals surface area contributed by atoms with Crippen LogP contribution in [0.15, 0.2) is 12.1 Å². The fraction of sp³-hybridized carbons (Fsp3) is 0.622. The minimum Gasteiger partial charge on any atom is -0.490 e. The molecule has 6 nitrogen and oxygen atoms in total. The van der Waals surface area contributed by atoms with E-state index in [4.69, 9.17) is 19.2 Å². The summed E-state index contributed by atoms with van der Waals surface area (Å²) in [6, 6.07) is 3.77. The zero-order valence-electron chi connectivity index (χ0n) is 28.5. The molecule has 1 aromatic carbocycles. The molecular formula is C37H53FN2O4. The van der Waals surface area contributed by atoms with Crippen molar-refractivity contribution in [1.29, 1.82) is 0 Å². The van der Waals surface area contributed by atoms with Crippen molar-refractivity contribution in [2.45, 2.75) is 124 Å². The lowest BCUT2D eigenvalue weighted by Crippen LogP contribution is -2.29. The van der Waals surface area contributed by atoms with E-state index in [0.717, 1.165) is 59.0 Å². The van der Waals surface area contributed by atoms with Crippen LogP contribution in [0.4, 0.5) is 4.39 Å². The maximum Gasteiger partial charge on any atom is 0.339 e. The number of halogens is 1. The van der Waals surface area contributed by atoms with Gasteiger partial charge in [-0.3, -0.25) is 0 Å². The molecule has 7 heteroatoms. The van der Waals surface area contributed by atoms with Gasteiger partial charge in [-0.05, 0) is 89.5 Å². The lowest BCUT2D eigenvalue weighted by atomic mass is 9.86. The Kier molecular flexibility index (Phi) is 11.1. The van der Waals surface area contributed by atoms with Crippen LogP contribution in [-0.2, 0) is 34.2 Å². The van der Waals surface area contributed by atoms with Crippen molar-refractivity contribution < 1.29 is 23.4 Å². The molecule has 0 fully saturated rings. The van der Waals surface area contributed by atoms with Crippen molar-refractivity contribution in [3.8, 4) is 16.9 Å². The van der Waals surface area contributed by atoms with Crippen molar-refractivity contribution >= 4 is 17.0 Å². The van der Waals surface area contributed by atoms with E-state index in [1.165, 1.54) is 51.3 Å². The van der Waals surface area contributed by atoms with Gasteiger partial charge in [0.05, 0.1) is 19.3 Å².